The molecule has 0 saturated heterocycles. The molecule has 2 fully saturated rings. The van der Waals surface area contributed by atoms with Crippen molar-refractivity contribution in [3.8, 4) is 0 Å². The Morgan fingerprint density at radius 3 is 2.56 bits per heavy atom. The number of rotatable bonds is 0. The van der Waals surface area contributed by atoms with Crippen molar-refractivity contribution in [2.24, 2.45) is 17.3 Å². The van der Waals surface area contributed by atoms with E-state index in [2.05, 4.69) is 12.2 Å². The lowest BCUT2D eigenvalue weighted by Crippen LogP contribution is -2.37. The molecule has 9 heavy (non-hydrogen) atoms. The van der Waals surface area contributed by atoms with Crippen LogP contribution in [0, 0.1) is 17.3 Å². The van der Waals surface area contributed by atoms with E-state index in [1.807, 2.05) is 0 Å². The van der Waals surface area contributed by atoms with Crippen LogP contribution in [0.2, 0.25) is 0 Å². The lowest BCUT2D eigenvalue weighted by Gasteiger charge is -2.39. The SMILES string of the molecule is Cl[C@@H]1C[C@H]2C=C[C@@H]3CC123. The molecule has 0 nitrogen and oxygen atoms in total. The summed E-state index contributed by atoms with van der Waals surface area (Å²) in [6.45, 7) is 0. The Labute approximate surface area is 59.9 Å². The zero-order chi connectivity index (χ0) is 6.06. The van der Waals surface area contributed by atoms with E-state index < -0.39 is 0 Å². The average molecular weight is 141 g/mol. The average Bonchev–Trinajstić information content (AvgIpc) is 2.52. The topological polar surface area (TPSA) is 0 Å². The van der Waals surface area contributed by atoms with Crippen molar-refractivity contribution in [1.82, 2.24) is 0 Å². The van der Waals surface area contributed by atoms with Gasteiger partial charge in [-0.05, 0) is 30.1 Å². The van der Waals surface area contributed by atoms with Crippen molar-refractivity contribution in [1.29, 1.82) is 0 Å². The molecule has 4 atom stereocenters. The summed E-state index contributed by atoms with van der Waals surface area (Å²) in [5.41, 5.74) is 0.613. The van der Waals surface area contributed by atoms with Gasteiger partial charge < -0.3 is 0 Å². The molecule has 2 saturated carbocycles. The summed E-state index contributed by atoms with van der Waals surface area (Å²) < 4.78 is 0. The zero-order valence-electron chi connectivity index (χ0n) is 5.18. The Hall–Kier alpha value is 0.0300. The molecular formula is C8H9Cl. The maximum absolute atomic E-state index is 6.09. The van der Waals surface area contributed by atoms with Crippen LogP contribution in [0.25, 0.3) is 0 Å². The van der Waals surface area contributed by atoms with Gasteiger partial charge in [-0.15, -0.1) is 11.6 Å². The summed E-state index contributed by atoms with van der Waals surface area (Å²) in [5.74, 6) is 1.77. The van der Waals surface area contributed by atoms with Gasteiger partial charge in [-0.3, -0.25) is 0 Å². The molecule has 48 valence electrons. The highest BCUT2D eigenvalue weighted by Gasteiger charge is 2.69. The molecule has 1 unspecified atom stereocenters. The number of alkyl halides is 1. The van der Waals surface area contributed by atoms with Crippen LogP contribution >= 0.6 is 11.6 Å². The second kappa shape index (κ2) is 1.10. The molecule has 1 heteroatoms. The van der Waals surface area contributed by atoms with E-state index in [4.69, 9.17) is 11.6 Å². The molecule has 0 bridgehead atoms. The summed E-state index contributed by atoms with van der Waals surface area (Å²) >= 11 is 6.09. The van der Waals surface area contributed by atoms with Crippen molar-refractivity contribution in [3.63, 3.8) is 0 Å². The summed E-state index contributed by atoms with van der Waals surface area (Å²) in [6, 6.07) is 0. The fraction of sp³-hybridized carbons (Fsp3) is 0.750. The van der Waals surface area contributed by atoms with Gasteiger partial charge in [0.25, 0.3) is 0 Å². The Morgan fingerprint density at radius 1 is 1.33 bits per heavy atom. The third kappa shape index (κ3) is 0.324. The molecule has 0 aromatic rings. The van der Waals surface area contributed by atoms with Crippen LogP contribution in [-0.2, 0) is 0 Å². The molecule has 3 aliphatic carbocycles. The van der Waals surface area contributed by atoms with Gasteiger partial charge in [0, 0.05) is 5.38 Å². The molecule has 0 amide bonds. The smallest absolute Gasteiger partial charge is 0.0409 e. The first-order valence-electron chi connectivity index (χ1n) is 3.66. The zero-order valence-corrected chi connectivity index (χ0v) is 5.93. The third-order valence-corrected chi connectivity index (χ3v) is 4.00. The van der Waals surface area contributed by atoms with E-state index in [0.717, 1.165) is 11.8 Å². The van der Waals surface area contributed by atoms with Crippen LogP contribution in [-0.4, -0.2) is 5.38 Å². The van der Waals surface area contributed by atoms with E-state index >= 15 is 0 Å². The fourth-order valence-corrected chi connectivity index (χ4v) is 3.22. The summed E-state index contributed by atoms with van der Waals surface area (Å²) in [6.07, 6.45) is 7.37. The normalized spacial score (nSPS) is 66.6. The number of hydrogen-bond acceptors (Lipinski definition) is 0. The minimum Gasteiger partial charge on any atom is -0.122 e. The van der Waals surface area contributed by atoms with Gasteiger partial charge in [0.1, 0.15) is 0 Å². The van der Waals surface area contributed by atoms with Crippen LogP contribution in [0.5, 0.6) is 0 Å². The molecule has 0 aliphatic heterocycles. The van der Waals surface area contributed by atoms with Gasteiger partial charge in [-0.2, -0.15) is 0 Å². The Bertz CT molecular complexity index is 197. The van der Waals surface area contributed by atoms with Gasteiger partial charge in [0.05, 0.1) is 0 Å². The standard InChI is InChI=1S/C8H9Cl/c9-7-3-5-1-2-6-4-8(5,6)7/h1-2,5-7H,3-4H2/t5-,6-,7-,8?/m1/s1. The minimum atomic E-state index is 0.516. The van der Waals surface area contributed by atoms with E-state index in [1.54, 1.807) is 0 Å². The maximum atomic E-state index is 6.09. The number of hydrogen-bond donors (Lipinski definition) is 0. The molecular weight excluding hydrogens is 132 g/mol. The first-order chi connectivity index (χ1) is 4.34. The summed E-state index contributed by atoms with van der Waals surface area (Å²) in [4.78, 5) is 0. The predicted molar refractivity (Wildman–Crippen MR) is 37.4 cm³/mol. The Kier molecular flexibility index (Phi) is 0.583. The summed E-state index contributed by atoms with van der Waals surface area (Å²) in [7, 11) is 0. The highest BCUT2D eigenvalue weighted by Crippen LogP contribution is 2.74. The maximum Gasteiger partial charge on any atom is 0.0409 e. The van der Waals surface area contributed by atoms with Gasteiger partial charge >= 0.3 is 0 Å². The second-order valence-electron chi connectivity index (χ2n) is 3.62. The molecule has 3 aliphatic rings. The molecule has 1 spiro atoms. The van der Waals surface area contributed by atoms with E-state index in [1.165, 1.54) is 12.8 Å². The van der Waals surface area contributed by atoms with Gasteiger partial charge in [0.2, 0.25) is 0 Å². The number of halogens is 1. The van der Waals surface area contributed by atoms with Crippen LogP contribution in [0.15, 0.2) is 12.2 Å². The first kappa shape index (κ1) is 4.79. The van der Waals surface area contributed by atoms with Gasteiger partial charge in [0.15, 0.2) is 0 Å². The van der Waals surface area contributed by atoms with Crippen LogP contribution < -0.4 is 0 Å². The van der Waals surface area contributed by atoms with Crippen molar-refractivity contribution in [2.75, 3.05) is 0 Å². The lowest BCUT2D eigenvalue weighted by atomic mass is 9.71. The minimum absolute atomic E-state index is 0.516. The van der Waals surface area contributed by atoms with Crippen molar-refractivity contribution < 1.29 is 0 Å². The Balaban J connectivity index is 2.04. The van der Waals surface area contributed by atoms with Crippen LogP contribution in [0.1, 0.15) is 12.8 Å². The van der Waals surface area contributed by atoms with Crippen molar-refractivity contribution in [2.45, 2.75) is 18.2 Å². The van der Waals surface area contributed by atoms with Crippen molar-refractivity contribution in [3.05, 3.63) is 12.2 Å². The van der Waals surface area contributed by atoms with E-state index in [0.29, 0.717) is 10.8 Å². The fourth-order valence-electron chi connectivity index (χ4n) is 2.62. The second-order valence-corrected chi connectivity index (χ2v) is 4.14. The van der Waals surface area contributed by atoms with Gasteiger partial charge in [-0.25, -0.2) is 0 Å². The summed E-state index contributed by atoms with van der Waals surface area (Å²) in [5, 5.41) is 0.516. The molecule has 0 radical (unpaired) electrons. The van der Waals surface area contributed by atoms with E-state index in [9.17, 15) is 0 Å². The van der Waals surface area contributed by atoms with Crippen molar-refractivity contribution >= 4 is 11.6 Å². The molecule has 0 N–H and O–H groups in total. The molecule has 3 rings (SSSR count). The first-order valence-corrected chi connectivity index (χ1v) is 4.10. The highest BCUT2D eigenvalue weighted by atomic mass is 35.5. The highest BCUT2D eigenvalue weighted by molar-refractivity contribution is 6.22. The quantitative estimate of drug-likeness (QED) is 0.358. The monoisotopic (exact) mass is 140 g/mol. The Morgan fingerprint density at radius 2 is 2.11 bits per heavy atom. The molecule has 0 aromatic heterocycles. The van der Waals surface area contributed by atoms with E-state index in [-0.39, 0.29) is 0 Å². The molecule has 0 aromatic carbocycles. The molecule has 0 heterocycles. The largest absolute Gasteiger partial charge is 0.122 e. The van der Waals surface area contributed by atoms with Crippen LogP contribution in [0.3, 0.4) is 0 Å². The van der Waals surface area contributed by atoms with Crippen LogP contribution in [0.4, 0.5) is 0 Å². The third-order valence-electron chi connectivity index (χ3n) is 3.41. The lowest BCUT2D eigenvalue weighted by molar-refractivity contribution is 0.208. The number of allylic oxidation sites excluding steroid dienone is 2. The predicted octanol–water partition coefficient (Wildman–Crippen LogP) is 2.19. The van der Waals surface area contributed by atoms with Gasteiger partial charge in [-0.1, -0.05) is 12.2 Å².